The Hall–Kier alpha value is -1.77. The quantitative estimate of drug-likeness (QED) is 0.0274. The van der Waals surface area contributed by atoms with Crippen LogP contribution in [0.15, 0.2) is 36.5 Å². The molecule has 0 aromatic carbocycles. The highest BCUT2D eigenvalue weighted by molar-refractivity contribution is 7.47. The Labute approximate surface area is 312 Å². The smallest absolute Gasteiger partial charge is 0.462 e. The second-order valence-corrected chi connectivity index (χ2v) is 14.9. The molecular formula is C41H76NO8P. The first-order valence-corrected chi connectivity index (χ1v) is 22.0. The van der Waals surface area contributed by atoms with Gasteiger partial charge in [-0.1, -0.05) is 159 Å². The molecule has 10 heteroatoms. The summed E-state index contributed by atoms with van der Waals surface area (Å²) in [6, 6.07) is 0. The van der Waals surface area contributed by atoms with Crippen molar-refractivity contribution < 1.29 is 37.6 Å². The molecule has 0 aliphatic rings. The molecule has 0 saturated carbocycles. The van der Waals surface area contributed by atoms with Crippen molar-refractivity contribution >= 4 is 19.8 Å². The minimum absolute atomic E-state index is 0.0519. The summed E-state index contributed by atoms with van der Waals surface area (Å²) in [5.41, 5.74) is 5.34. The van der Waals surface area contributed by atoms with Gasteiger partial charge in [-0.15, -0.1) is 0 Å². The van der Waals surface area contributed by atoms with E-state index in [2.05, 4.69) is 50.3 Å². The molecule has 0 heterocycles. The SMILES string of the molecule is CC/C=C\C/C=C\C/C=C\CCCCCCCCCC(=O)OC(COC(=O)CCCCCCCCCCCCCCC)COP(=O)(O)OCCN. The van der Waals surface area contributed by atoms with E-state index in [1.54, 1.807) is 0 Å². The first kappa shape index (κ1) is 49.2. The van der Waals surface area contributed by atoms with Crippen LogP contribution in [0.5, 0.6) is 0 Å². The molecule has 0 saturated heterocycles. The third-order valence-corrected chi connectivity index (χ3v) is 9.52. The van der Waals surface area contributed by atoms with Gasteiger partial charge in [-0.25, -0.2) is 4.57 Å². The minimum atomic E-state index is -4.37. The number of hydrogen-bond acceptors (Lipinski definition) is 8. The van der Waals surface area contributed by atoms with E-state index in [0.717, 1.165) is 64.2 Å². The highest BCUT2D eigenvalue weighted by Crippen LogP contribution is 2.43. The Balaban J connectivity index is 4.19. The van der Waals surface area contributed by atoms with Gasteiger partial charge in [-0.3, -0.25) is 18.6 Å². The van der Waals surface area contributed by atoms with Crippen LogP contribution in [0, 0.1) is 0 Å². The molecule has 2 atom stereocenters. The maximum Gasteiger partial charge on any atom is 0.472 e. The number of unbranched alkanes of at least 4 members (excludes halogenated alkanes) is 19. The molecule has 0 aliphatic heterocycles. The van der Waals surface area contributed by atoms with Crippen molar-refractivity contribution in [3.8, 4) is 0 Å². The number of carbonyl (C=O) groups is 2. The molecule has 51 heavy (non-hydrogen) atoms. The Morgan fingerprint density at radius 2 is 1.08 bits per heavy atom. The molecule has 0 rings (SSSR count). The fourth-order valence-electron chi connectivity index (χ4n) is 5.53. The number of phosphoric acid groups is 1. The van der Waals surface area contributed by atoms with Crippen LogP contribution in [0.1, 0.15) is 181 Å². The van der Waals surface area contributed by atoms with Crippen molar-refractivity contribution in [1.29, 1.82) is 0 Å². The summed E-state index contributed by atoms with van der Waals surface area (Å²) in [5, 5.41) is 0. The van der Waals surface area contributed by atoms with Crippen LogP contribution in [0.25, 0.3) is 0 Å². The van der Waals surface area contributed by atoms with Crippen LogP contribution in [0.3, 0.4) is 0 Å². The van der Waals surface area contributed by atoms with E-state index in [4.69, 9.17) is 24.3 Å². The molecule has 3 N–H and O–H groups in total. The first-order valence-electron chi connectivity index (χ1n) is 20.5. The number of carbonyl (C=O) groups excluding carboxylic acids is 2. The van der Waals surface area contributed by atoms with Crippen LogP contribution in [0.4, 0.5) is 0 Å². The van der Waals surface area contributed by atoms with Gasteiger partial charge < -0.3 is 20.1 Å². The molecule has 0 aliphatic carbocycles. The maximum atomic E-state index is 12.6. The molecule has 0 bridgehead atoms. The van der Waals surface area contributed by atoms with Crippen LogP contribution in [0.2, 0.25) is 0 Å². The van der Waals surface area contributed by atoms with Gasteiger partial charge in [-0.2, -0.15) is 0 Å². The number of esters is 2. The fraction of sp³-hybridized carbons (Fsp3) is 0.805. The summed E-state index contributed by atoms with van der Waals surface area (Å²) < 4.78 is 32.7. The monoisotopic (exact) mass is 742 g/mol. The summed E-state index contributed by atoms with van der Waals surface area (Å²) in [6.07, 6.45) is 40.2. The number of allylic oxidation sites excluding steroid dienone is 6. The molecule has 9 nitrogen and oxygen atoms in total. The summed E-state index contributed by atoms with van der Waals surface area (Å²) in [4.78, 5) is 34.8. The minimum Gasteiger partial charge on any atom is -0.462 e. The Morgan fingerprint density at radius 3 is 1.61 bits per heavy atom. The van der Waals surface area contributed by atoms with Crippen molar-refractivity contribution in [3.05, 3.63) is 36.5 Å². The van der Waals surface area contributed by atoms with E-state index in [0.29, 0.717) is 6.42 Å². The van der Waals surface area contributed by atoms with Gasteiger partial charge in [0.25, 0.3) is 0 Å². The molecule has 0 fully saturated rings. The zero-order valence-electron chi connectivity index (χ0n) is 32.6. The summed E-state index contributed by atoms with van der Waals surface area (Å²) in [6.45, 7) is 3.61. The van der Waals surface area contributed by atoms with Crippen molar-refractivity contribution in [2.24, 2.45) is 5.73 Å². The Morgan fingerprint density at radius 1 is 0.608 bits per heavy atom. The van der Waals surface area contributed by atoms with E-state index in [1.165, 1.54) is 83.5 Å². The summed E-state index contributed by atoms with van der Waals surface area (Å²) >= 11 is 0. The number of nitrogens with two attached hydrogens (primary N) is 1. The molecule has 2 unspecified atom stereocenters. The van der Waals surface area contributed by atoms with Gasteiger partial charge in [0, 0.05) is 19.4 Å². The predicted octanol–water partition coefficient (Wildman–Crippen LogP) is 11.4. The Bertz CT molecular complexity index is 939. The highest BCUT2D eigenvalue weighted by Gasteiger charge is 2.26. The number of phosphoric ester groups is 1. The molecule has 0 aromatic heterocycles. The second-order valence-electron chi connectivity index (χ2n) is 13.5. The largest absolute Gasteiger partial charge is 0.472 e. The van der Waals surface area contributed by atoms with Gasteiger partial charge in [0.2, 0.25) is 0 Å². The lowest BCUT2D eigenvalue weighted by Gasteiger charge is -2.19. The van der Waals surface area contributed by atoms with Crippen LogP contribution >= 0.6 is 7.82 Å². The number of rotatable bonds is 38. The van der Waals surface area contributed by atoms with Crippen molar-refractivity contribution in [3.63, 3.8) is 0 Å². The Kier molecular flexibility index (Phi) is 36.7. The molecular weight excluding hydrogens is 665 g/mol. The lowest BCUT2D eigenvalue weighted by atomic mass is 10.0. The fourth-order valence-corrected chi connectivity index (χ4v) is 6.30. The van der Waals surface area contributed by atoms with E-state index in [1.807, 2.05) is 0 Å². The maximum absolute atomic E-state index is 12.6. The first-order chi connectivity index (χ1) is 24.8. The van der Waals surface area contributed by atoms with Gasteiger partial charge in [0.1, 0.15) is 6.61 Å². The number of ether oxygens (including phenoxy) is 2. The standard InChI is InChI=1S/C41H76NO8P/c1-3-5-7-9-11-13-15-17-18-19-20-22-24-26-28-30-32-34-41(44)50-39(38-49-51(45,46)48-36-35-42)37-47-40(43)33-31-29-27-25-23-21-16-14-12-10-8-6-4-2/h5,7,11,13,17-18,39H,3-4,6,8-10,12,14-16,19-38,42H2,1-2H3,(H,45,46)/b7-5-,13-11-,18-17-. The molecule has 0 spiro atoms. The lowest BCUT2D eigenvalue weighted by molar-refractivity contribution is -0.161. The van der Waals surface area contributed by atoms with Gasteiger partial charge in [-0.05, 0) is 44.9 Å². The van der Waals surface area contributed by atoms with Crippen molar-refractivity contribution in [1.82, 2.24) is 0 Å². The van der Waals surface area contributed by atoms with Crippen LogP contribution < -0.4 is 5.73 Å². The van der Waals surface area contributed by atoms with Crippen molar-refractivity contribution in [2.75, 3.05) is 26.4 Å². The summed E-state index contributed by atoms with van der Waals surface area (Å²) in [7, 11) is -4.37. The predicted molar refractivity (Wildman–Crippen MR) is 210 cm³/mol. The normalized spacial score (nSPS) is 13.7. The van der Waals surface area contributed by atoms with E-state index >= 15 is 0 Å². The van der Waals surface area contributed by atoms with Crippen molar-refractivity contribution in [2.45, 2.75) is 187 Å². The molecule has 298 valence electrons. The van der Waals surface area contributed by atoms with E-state index in [9.17, 15) is 19.0 Å². The lowest BCUT2D eigenvalue weighted by Crippen LogP contribution is -2.29. The third kappa shape index (κ3) is 37.8. The topological polar surface area (TPSA) is 134 Å². The summed E-state index contributed by atoms with van der Waals surface area (Å²) in [5.74, 6) is -0.837. The third-order valence-electron chi connectivity index (χ3n) is 8.54. The molecule has 0 aromatic rings. The van der Waals surface area contributed by atoms with E-state index in [-0.39, 0.29) is 38.6 Å². The van der Waals surface area contributed by atoms with Gasteiger partial charge in [0.05, 0.1) is 13.2 Å². The van der Waals surface area contributed by atoms with Gasteiger partial charge in [0.15, 0.2) is 6.10 Å². The van der Waals surface area contributed by atoms with Gasteiger partial charge >= 0.3 is 19.8 Å². The average Bonchev–Trinajstić information content (AvgIpc) is 3.11. The average molecular weight is 742 g/mol. The van der Waals surface area contributed by atoms with E-state index < -0.39 is 26.5 Å². The molecule has 0 amide bonds. The number of hydrogen-bond donors (Lipinski definition) is 2. The zero-order chi connectivity index (χ0) is 37.5. The second kappa shape index (κ2) is 38.0. The zero-order valence-corrected chi connectivity index (χ0v) is 33.5. The highest BCUT2D eigenvalue weighted by atomic mass is 31.2. The molecule has 0 radical (unpaired) electrons. The van der Waals surface area contributed by atoms with Crippen LogP contribution in [-0.2, 0) is 32.7 Å². The van der Waals surface area contributed by atoms with Crippen LogP contribution in [-0.4, -0.2) is 49.3 Å².